The Hall–Kier alpha value is -0.620. The van der Waals surface area contributed by atoms with Crippen LogP contribution in [0, 0.1) is 0 Å². The number of carbonyl (C=O) groups is 1. The van der Waals surface area contributed by atoms with Gasteiger partial charge in [-0.1, -0.05) is 0 Å². The van der Waals surface area contributed by atoms with Crippen LogP contribution < -0.4 is 5.73 Å². The van der Waals surface area contributed by atoms with Crippen molar-refractivity contribution >= 4 is 15.8 Å². The van der Waals surface area contributed by atoms with Crippen molar-refractivity contribution in [3.05, 3.63) is 0 Å². The number of hydrogen-bond donors (Lipinski definition) is 1. The molecule has 15 heavy (non-hydrogen) atoms. The Balaban J connectivity index is 4.02. The molecule has 0 spiro atoms. The van der Waals surface area contributed by atoms with Crippen LogP contribution in [0.3, 0.4) is 0 Å². The molecule has 90 valence electrons. The van der Waals surface area contributed by atoms with Gasteiger partial charge < -0.3 is 10.5 Å². The largest absolute Gasteiger partial charge is 0.460 e. The van der Waals surface area contributed by atoms with Gasteiger partial charge in [-0.3, -0.25) is 4.79 Å². The SMILES string of the molecule is CC(C)(C)OC(=O)CCS(=O)(=O)CCN. The van der Waals surface area contributed by atoms with Crippen molar-refractivity contribution in [1.82, 2.24) is 0 Å². The second kappa shape index (κ2) is 5.46. The van der Waals surface area contributed by atoms with Crippen LogP contribution in [0.1, 0.15) is 27.2 Å². The highest BCUT2D eigenvalue weighted by molar-refractivity contribution is 7.91. The maximum Gasteiger partial charge on any atom is 0.307 e. The molecule has 0 aliphatic carbocycles. The average molecular weight is 237 g/mol. The molecule has 0 aromatic rings. The van der Waals surface area contributed by atoms with Crippen molar-refractivity contribution in [2.45, 2.75) is 32.8 Å². The number of rotatable bonds is 5. The van der Waals surface area contributed by atoms with E-state index in [0.717, 1.165) is 0 Å². The van der Waals surface area contributed by atoms with Gasteiger partial charge in [-0.15, -0.1) is 0 Å². The van der Waals surface area contributed by atoms with E-state index in [1.54, 1.807) is 20.8 Å². The van der Waals surface area contributed by atoms with Crippen LogP contribution in [0.25, 0.3) is 0 Å². The number of sulfone groups is 1. The molecule has 0 rings (SSSR count). The highest BCUT2D eigenvalue weighted by Crippen LogP contribution is 2.08. The second-order valence-electron chi connectivity index (χ2n) is 4.28. The Labute approximate surface area is 90.9 Å². The summed E-state index contributed by atoms with van der Waals surface area (Å²) in [6.45, 7) is 5.29. The molecule has 0 radical (unpaired) electrons. The lowest BCUT2D eigenvalue weighted by Crippen LogP contribution is -2.26. The van der Waals surface area contributed by atoms with Crippen molar-refractivity contribution in [3.8, 4) is 0 Å². The van der Waals surface area contributed by atoms with Gasteiger partial charge in [0, 0.05) is 6.54 Å². The highest BCUT2D eigenvalue weighted by Gasteiger charge is 2.18. The molecule has 6 heteroatoms. The zero-order valence-electron chi connectivity index (χ0n) is 9.45. The number of ether oxygens (including phenoxy) is 1. The van der Waals surface area contributed by atoms with Crippen LogP contribution in [-0.2, 0) is 19.4 Å². The van der Waals surface area contributed by atoms with Crippen molar-refractivity contribution < 1.29 is 17.9 Å². The van der Waals surface area contributed by atoms with Gasteiger partial charge in [0.1, 0.15) is 5.60 Å². The van der Waals surface area contributed by atoms with Crippen LogP contribution in [0.2, 0.25) is 0 Å². The third-order valence-corrected chi connectivity index (χ3v) is 3.15. The fourth-order valence-corrected chi connectivity index (χ4v) is 1.95. The fourth-order valence-electron chi connectivity index (χ4n) is 0.913. The first kappa shape index (κ1) is 14.4. The fraction of sp³-hybridized carbons (Fsp3) is 0.889. The summed E-state index contributed by atoms with van der Waals surface area (Å²) in [5.74, 6) is -0.780. The molecule has 0 heterocycles. The standard InChI is InChI=1S/C9H19NO4S/c1-9(2,3)14-8(11)4-6-15(12,13)7-5-10/h4-7,10H2,1-3H3. The molecule has 0 aromatic carbocycles. The molecular weight excluding hydrogens is 218 g/mol. The summed E-state index contributed by atoms with van der Waals surface area (Å²) in [6.07, 6.45) is -0.112. The van der Waals surface area contributed by atoms with E-state index in [2.05, 4.69) is 0 Å². The van der Waals surface area contributed by atoms with Gasteiger partial charge in [0.2, 0.25) is 0 Å². The van der Waals surface area contributed by atoms with Gasteiger partial charge in [-0.25, -0.2) is 8.42 Å². The first-order valence-electron chi connectivity index (χ1n) is 4.78. The topological polar surface area (TPSA) is 86.5 Å². The van der Waals surface area contributed by atoms with E-state index in [0.29, 0.717) is 0 Å². The summed E-state index contributed by atoms with van der Waals surface area (Å²) in [5.41, 5.74) is 4.55. The Morgan fingerprint density at radius 3 is 2.20 bits per heavy atom. The minimum atomic E-state index is -3.21. The molecule has 0 saturated heterocycles. The third kappa shape index (κ3) is 8.38. The van der Waals surface area contributed by atoms with Gasteiger partial charge in [0.15, 0.2) is 9.84 Å². The van der Waals surface area contributed by atoms with Crippen LogP contribution in [0.15, 0.2) is 0 Å². The van der Waals surface area contributed by atoms with Gasteiger partial charge in [0.05, 0.1) is 17.9 Å². The first-order chi connectivity index (χ1) is 6.66. The molecule has 0 unspecified atom stereocenters. The lowest BCUT2D eigenvalue weighted by atomic mass is 10.2. The second-order valence-corrected chi connectivity index (χ2v) is 6.58. The minimum Gasteiger partial charge on any atom is -0.460 e. The molecule has 0 amide bonds. The zero-order valence-corrected chi connectivity index (χ0v) is 10.3. The van der Waals surface area contributed by atoms with Crippen LogP contribution in [0.5, 0.6) is 0 Å². The van der Waals surface area contributed by atoms with Gasteiger partial charge >= 0.3 is 5.97 Å². The summed E-state index contributed by atoms with van der Waals surface area (Å²) in [6, 6.07) is 0. The Morgan fingerprint density at radius 1 is 1.27 bits per heavy atom. The number of esters is 1. The lowest BCUT2D eigenvalue weighted by Gasteiger charge is -2.19. The molecular formula is C9H19NO4S. The Bertz CT molecular complexity index is 303. The number of carbonyl (C=O) groups excluding carboxylic acids is 1. The molecule has 0 aliphatic rings. The van der Waals surface area contributed by atoms with E-state index in [4.69, 9.17) is 10.5 Å². The lowest BCUT2D eigenvalue weighted by molar-refractivity contribution is -0.154. The highest BCUT2D eigenvalue weighted by atomic mass is 32.2. The molecule has 0 saturated carbocycles. The molecule has 2 N–H and O–H groups in total. The third-order valence-electron chi connectivity index (χ3n) is 1.47. The van der Waals surface area contributed by atoms with Crippen molar-refractivity contribution in [2.24, 2.45) is 5.73 Å². The minimum absolute atomic E-state index is 0.0800. The summed E-state index contributed by atoms with van der Waals surface area (Å²) >= 11 is 0. The summed E-state index contributed by atoms with van der Waals surface area (Å²) in [7, 11) is -3.21. The average Bonchev–Trinajstić information content (AvgIpc) is 1.98. The van der Waals surface area contributed by atoms with Crippen LogP contribution in [-0.4, -0.2) is 38.0 Å². The predicted molar refractivity (Wildman–Crippen MR) is 58.2 cm³/mol. The normalized spacial score (nSPS) is 12.5. The van der Waals surface area contributed by atoms with Gasteiger partial charge in [0.25, 0.3) is 0 Å². The Morgan fingerprint density at radius 2 is 1.80 bits per heavy atom. The summed E-state index contributed by atoms with van der Waals surface area (Å²) in [5, 5.41) is 0. The van der Waals surface area contributed by atoms with Gasteiger partial charge in [-0.2, -0.15) is 0 Å². The molecule has 0 fully saturated rings. The van der Waals surface area contributed by atoms with E-state index < -0.39 is 21.4 Å². The van der Waals surface area contributed by atoms with E-state index in [1.165, 1.54) is 0 Å². The zero-order chi connectivity index (χ0) is 12.1. The molecule has 0 aliphatic heterocycles. The van der Waals surface area contributed by atoms with E-state index in [9.17, 15) is 13.2 Å². The van der Waals surface area contributed by atoms with Crippen molar-refractivity contribution in [1.29, 1.82) is 0 Å². The van der Waals surface area contributed by atoms with E-state index in [-0.39, 0.29) is 24.5 Å². The summed E-state index contributed by atoms with van der Waals surface area (Å²) < 4.78 is 27.4. The van der Waals surface area contributed by atoms with Crippen molar-refractivity contribution in [2.75, 3.05) is 18.1 Å². The van der Waals surface area contributed by atoms with E-state index in [1.807, 2.05) is 0 Å². The van der Waals surface area contributed by atoms with Crippen LogP contribution in [0.4, 0.5) is 0 Å². The van der Waals surface area contributed by atoms with Gasteiger partial charge in [-0.05, 0) is 20.8 Å². The summed E-state index contributed by atoms with van der Waals surface area (Å²) in [4.78, 5) is 11.2. The molecule has 5 nitrogen and oxygen atoms in total. The number of hydrogen-bond acceptors (Lipinski definition) is 5. The van der Waals surface area contributed by atoms with Crippen LogP contribution >= 0.6 is 0 Å². The monoisotopic (exact) mass is 237 g/mol. The maximum absolute atomic E-state index is 11.2. The quantitative estimate of drug-likeness (QED) is 0.685. The maximum atomic E-state index is 11.2. The first-order valence-corrected chi connectivity index (χ1v) is 6.61. The number of nitrogens with two attached hydrogens (primary N) is 1. The van der Waals surface area contributed by atoms with Crippen molar-refractivity contribution in [3.63, 3.8) is 0 Å². The molecule has 0 bridgehead atoms. The molecule has 0 aromatic heterocycles. The van der Waals surface area contributed by atoms with E-state index >= 15 is 0 Å². The predicted octanol–water partition coefficient (Wildman–Crippen LogP) is 0.0917. The smallest absolute Gasteiger partial charge is 0.307 e. The Kier molecular flexibility index (Phi) is 5.23. The molecule has 0 atom stereocenters.